The van der Waals surface area contributed by atoms with Gasteiger partial charge in [0.1, 0.15) is 5.75 Å². The predicted molar refractivity (Wildman–Crippen MR) is 117 cm³/mol. The maximum absolute atomic E-state index is 12.4. The van der Waals surface area contributed by atoms with Crippen LogP contribution in [-0.4, -0.2) is 38.1 Å². The van der Waals surface area contributed by atoms with Gasteiger partial charge in [0.15, 0.2) is 23.6 Å². The van der Waals surface area contributed by atoms with E-state index in [4.69, 9.17) is 19.9 Å². The standard InChI is InChI=1S/C21H23N3O5S/c1-12-4-6-15(27-2)14(8-12)23-21-24-20(26)18(30-21)10-13-5-7-16(17(9-13)28-3)29-11-19(22)25/h4-10,21,23H,11H2,1-3H3,(H2,22,25)(H,24,26)/b18-10-. The summed E-state index contributed by atoms with van der Waals surface area (Å²) in [5.74, 6) is 0.772. The van der Waals surface area contributed by atoms with Crippen molar-refractivity contribution in [3.05, 3.63) is 52.4 Å². The molecule has 9 heteroatoms. The van der Waals surface area contributed by atoms with Gasteiger partial charge < -0.3 is 30.6 Å². The lowest BCUT2D eigenvalue weighted by Crippen LogP contribution is -2.31. The fraction of sp³-hybridized carbons (Fsp3) is 0.238. The number of nitrogens with two attached hydrogens (primary N) is 1. The van der Waals surface area contributed by atoms with Crippen LogP contribution in [0.1, 0.15) is 11.1 Å². The quantitative estimate of drug-likeness (QED) is 0.553. The van der Waals surface area contributed by atoms with Gasteiger partial charge in [-0.1, -0.05) is 23.9 Å². The molecule has 158 valence electrons. The van der Waals surface area contributed by atoms with Crippen LogP contribution in [0.15, 0.2) is 41.3 Å². The number of aryl methyl sites for hydroxylation is 1. The number of amides is 2. The molecule has 0 saturated carbocycles. The number of nitrogens with one attached hydrogen (secondary N) is 2. The summed E-state index contributed by atoms with van der Waals surface area (Å²) < 4.78 is 16.0. The van der Waals surface area contributed by atoms with Crippen molar-refractivity contribution in [2.24, 2.45) is 5.73 Å². The van der Waals surface area contributed by atoms with Crippen molar-refractivity contribution < 1.29 is 23.8 Å². The van der Waals surface area contributed by atoms with Crippen LogP contribution >= 0.6 is 11.8 Å². The van der Waals surface area contributed by atoms with Gasteiger partial charge in [-0.2, -0.15) is 0 Å². The Bertz CT molecular complexity index is 993. The van der Waals surface area contributed by atoms with E-state index in [1.807, 2.05) is 25.1 Å². The van der Waals surface area contributed by atoms with E-state index in [0.717, 1.165) is 16.8 Å². The summed E-state index contributed by atoms with van der Waals surface area (Å²) >= 11 is 1.37. The third kappa shape index (κ3) is 5.18. The van der Waals surface area contributed by atoms with Crippen LogP contribution in [0.5, 0.6) is 17.2 Å². The predicted octanol–water partition coefficient (Wildman–Crippen LogP) is 2.48. The summed E-state index contributed by atoms with van der Waals surface area (Å²) in [7, 11) is 3.10. The number of carbonyl (C=O) groups excluding carboxylic acids is 2. The second kappa shape index (κ2) is 9.45. The second-order valence-electron chi connectivity index (χ2n) is 6.49. The summed E-state index contributed by atoms with van der Waals surface area (Å²) in [6.07, 6.45) is 1.76. The Morgan fingerprint density at radius 3 is 2.60 bits per heavy atom. The van der Waals surface area contributed by atoms with E-state index in [1.165, 1.54) is 18.9 Å². The number of hydrogen-bond donors (Lipinski definition) is 3. The van der Waals surface area contributed by atoms with Crippen molar-refractivity contribution in [2.45, 2.75) is 12.4 Å². The van der Waals surface area contributed by atoms with Gasteiger partial charge in [-0.05, 0) is 48.4 Å². The first-order chi connectivity index (χ1) is 14.4. The maximum atomic E-state index is 12.4. The minimum absolute atomic E-state index is 0.183. The first-order valence-corrected chi connectivity index (χ1v) is 9.97. The summed E-state index contributed by atoms with van der Waals surface area (Å²) in [4.78, 5) is 23.9. The lowest BCUT2D eigenvalue weighted by molar-refractivity contribution is -0.120. The van der Waals surface area contributed by atoms with Gasteiger partial charge in [-0.3, -0.25) is 9.59 Å². The van der Waals surface area contributed by atoms with Crippen LogP contribution in [0.2, 0.25) is 0 Å². The highest BCUT2D eigenvalue weighted by Gasteiger charge is 2.28. The van der Waals surface area contributed by atoms with Gasteiger partial charge in [0.25, 0.3) is 11.8 Å². The van der Waals surface area contributed by atoms with Crippen molar-refractivity contribution in [3.8, 4) is 17.2 Å². The molecular formula is C21H23N3O5S. The Labute approximate surface area is 178 Å². The van der Waals surface area contributed by atoms with Gasteiger partial charge in [-0.15, -0.1) is 0 Å². The normalized spacial score (nSPS) is 16.8. The molecule has 1 saturated heterocycles. The summed E-state index contributed by atoms with van der Waals surface area (Å²) in [6, 6.07) is 11.0. The van der Waals surface area contributed by atoms with Crippen molar-refractivity contribution in [1.29, 1.82) is 0 Å². The largest absolute Gasteiger partial charge is 0.495 e. The number of benzene rings is 2. The molecule has 3 rings (SSSR count). The van der Waals surface area contributed by atoms with Crippen LogP contribution in [0, 0.1) is 6.92 Å². The topological polar surface area (TPSA) is 112 Å². The number of hydrogen-bond acceptors (Lipinski definition) is 7. The molecule has 0 aliphatic carbocycles. The van der Waals surface area contributed by atoms with Crippen LogP contribution < -0.4 is 30.6 Å². The molecule has 2 aromatic carbocycles. The second-order valence-corrected chi connectivity index (χ2v) is 7.64. The number of primary amides is 1. The first-order valence-electron chi connectivity index (χ1n) is 9.09. The van der Waals surface area contributed by atoms with E-state index in [9.17, 15) is 9.59 Å². The third-order valence-electron chi connectivity index (χ3n) is 4.23. The van der Waals surface area contributed by atoms with Crippen molar-refractivity contribution in [2.75, 3.05) is 26.1 Å². The minimum atomic E-state index is -0.578. The molecule has 0 bridgehead atoms. The van der Waals surface area contributed by atoms with Gasteiger partial charge >= 0.3 is 0 Å². The number of anilines is 1. The smallest absolute Gasteiger partial charge is 0.260 e. The molecule has 1 unspecified atom stereocenters. The Balaban J connectivity index is 1.74. The van der Waals surface area contributed by atoms with Gasteiger partial charge in [0, 0.05) is 0 Å². The molecule has 0 aromatic heterocycles. The maximum Gasteiger partial charge on any atom is 0.260 e. The fourth-order valence-electron chi connectivity index (χ4n) is 2.83. The van der Waals surface area contributed by atoms with Crippen molar-refractivity contribution in [3.63, 3.8) is 0 Å². The zero-order chi connectivity index (χ0) is 21.7. The van der Waals surface area contributed by atoms with E-state index >= 15 is 0 Å². The molecule has 1 fully saturated rings. The van der Waals surface area contributed by atoms with Gasteiger partial charge in [0.05, 0.1) is 24.8 Å². The molecule has 1 atom stereocenters. The first kappa shape index (κ1) is 21.4. The molecule has 1 aliphatic rings. The SMILES string of the molecule is COc1ccc(C)cc1NC1NC(=O)/C(=C/c2ccc(OCC(N)=O)c(OC)c2)S1. The highest BCUT2D eigenvalue weighted by molar-refractivity contribution is 8.05. The van der Waals surface area contributed by atoms with E-state index in [2.05, 4.69) is 10.6 Å². The molecule has 0 radical (unpaired) electrons. The van der Waals surface area contributed by atoms with E-state index in [0.29, 0.717) is 22.2 Å². The highest BCUT2D eigenvalue weighted by atomic mass is 32.2. The summed E-state index contributed by atoms with van der Waals surface area (Å²) in [5, 5.41) is 6.18. The van der Waals surface area contributed by atoms with Crippen LogP contribution in [0.4, 0.5) is 5.69 Å². The van der Waals surface area contributed by atoms with Gasteiger partial charge in [0.2, 0.25) is 0 Å². The van der Waals surface area contributed by atoms with Crippen molar-refractivity contribution in [1.82, 2.24) is 5.32 Å². The van der Waals surface area contributed by atoms with Gasteiger partial charge in [-0.25, -0.2) is 0 Å². The van der Waals surface area contributed by atoms with Crippen molar-refractivity contribution >= 4 is 35.3 Å². The highest BCUT2D eigenvalue weighted by Crippen LogP contribution is 2.35. The fourth-order valence-corrected chi connectivity index (χ4v) is 3.81. The average molecular weight is 429 g/mol. The van der Waals surface area contributed by atoms with Crippen LogP contribution in [-0.2, 0) is 9.59 Å². The van der Waals surface area contributed by atoms with Crippen LogP contribution in [0.3, 0.4) is 0 Å². The zero-order valence-electron chi connectivity index (χ0n) is 16.9. The van der Waals surface area contributed by atoms with E-state index < -0.39 is 5.91 Å². The molecule has 30 heavy (non-hydrogen) atoms. The Morgan fingerprint density at radius 1 is 1.17 bits per heavy atom. The molecule has 8 nitrogen and oxygen atoms in total. The Kier molecular flexibility index (Phi) is 6.73. The molecule has 0 spiro atoms. The zero-order valence-corrected chi connectivity index (χ0v) is 17.7. The number of methoxy groups -OCH3 is 2. The molecule has 1 aliphatic heterocycles. The molecular weight excluding hydrogens is 406 g/mol. The van der Waals surface area contributed by atoms with Crippen LogP contribution in [0.25, 0.3) is 6.08 Å². The van der Waals surface area contributed by atoms with E-state index in [-0.39, 0.29) is 18.0 Å². The minimum Gasteiger partial charge on any atom is -0.495 e. The summed E-state index contributed by atoms with van der Waals surface area (Å²) in [6.45, 7) is 1.74. The number of thioether (sulfide) groups is 1. The lowest BCUT2D eigenvalue weighted by atomic mass is 10.2. The molecule has 1 heterocycles. The summed E-state index contributed by atoms with van der Waals surface area (Å²) in [5.41, 5.74) is 7.40. The number of rotatable bonds is 8. The monoisotopic (exact) mass is 429 g/mol. The Morgan fingerprint density at radius 2 is 1.90 bits per heavy atom. The molecule has 2 aromatic rings. The molecule has 2 amide bonds. The number of ether oxygens (including phenoxy) is 3. The third-order valence-corrected chi connectivity index (χ3v) is 5.26. The number of carbonyl (C=O) groups is 2. The lowest BCUT2D eigenvalue weighted by Gasteiger charge is -2.16. The Hall–Kier alpha value is -3.33. The molecule has 4 N–H and O–H groups in total. The average Bonchev–Trinajstić information content (AvgIpc) is 3.05. The van der Waals surface area contributed by atoms with E-state index in [1.54, 1.807) is 31.4 Å².